The van der Waals surface area contributed by atoms with Crippen LogP contribution >= 0.6 is 38.9 Å². The van der Waals surface area contributed by atoms with Crippen molar-refractivity contribution in [3.63, 3.8) is 0 Å². The lowest BCUT2D eigenvalue weighted by Crippen LogP contribution is -2.22. The average Bonchev–Trinajstić information content (AvgIpc) is 2.67. The van der Waals surface area contributed by atoms with Crippen molar-refractivity contribution >= 4 is 38.9 Å². The van der Waals surface area contributed by atoms with Gasteiger partial charge in [0.25, 0.3) is 0 Å². The maximum Gasteiger partial charge on any atom is 0.131 e. The van der Waals surface area contributed by atoms with Crippen LogP contribution in [-0.2, 0) is 0 Å². The molecule has 1 atom stereocenters. The highest BCUT2D eigenvalue weighted by Crippen LogP contribution is 2.38. The van der Waals surface area contributed by atoms with Crippen LogP contribution in [0.3, 0.4) is 0 Å². The normalized spacial score (nSPS) is 12.7. The Morgan fingerprint density at radius 3 is 2.63 bits per heavy atom. The van der Waals surface area contributed by atoms with Crippen molar-refractivity contribution in [2.45, 2.75) is 13.0 Å². The van der Waals surface area contributed by atoms with Crippen LogP contribution in [0.15, 0.2) is 28.1 Å². The van der Waals surface area contributed by atoms with Gasteiger partial charge in [-0.05, 0) is 34.6 Å². The minimum Gasteiger partial charge on any atom is -0.306 e. The third kappa shape index (κ3) is 3.34. The first-order valence-electron chi connectivity index (χ1n) is 5.66. The van der Waals surface area contributed by atoms with Crippen LogP contribution in [0.25, 0.3) is 0 Å². The molecule has 2 aromatic rings. The Morgan fingerprint density at radius 1 is 1.37 bits per heavy atom. The molecule has 0 amide bonds. The summed E-state index contributed by atoms with van der Waals surface area (Å²) in [5, 5.41) is 3.77. The van der Waals surface area contributed by atoms with E-state index < -0.39 is 11.6 Å². The summed E-state index contributed by atoms with van der Waals surface area (Å²) in [4.78, 5) is 0.879. The van der Waals surface area contributed by atoms with Gasteiger partial charge in [-0.15, -0.1) is 11.3 Å². The van der Waals surface area contributed by atoms with Crippen LogP contribution in [0, 0.1) is 11.6 Å². The SMILES string of the molecule is CCNC(c1cc(Cl)c(Br)s1)c1ccc(F)cc1F. The van der Waals surface area contributed by atoms with E-state index >= 15 is 0 Å². The Labute approximate surface area is 127 Å². The summed E-state index contributed by atoms with van der Waals surface area (Å²) in [6.45, 7) is 2.59. The maximum absolute atomic E-state index is 13.9. The van der Waals surface area contributed by atoms with Gasteiger partial charge in [0.1, 0.15) is 11.6 Å². The van der Waals surface area contributed by atoms with Crippen LogP contribution < -0.4 is 5.32 Å². The molecular formula is C13H11BrClF2NS. The molecule has 1 heterocycles. The van der Waals surface area contributed by atoms with E-state index in [4.69, 9.17) is 11.6 Å². The molecule has 0 spiro atoms. The van der Waals surface area contributed by atoms with E-state index in [1.54, 1.807) is 6.07 Å². The molecule has 1 unspecified atom stereocenters. The second-order valence-corrected chi connectivity index (χ2v) is 6.74. The van der Waals surface area contributed by atoms with E-state index in [-0.39, 0.29) is 6.04 Å². The quantitative estimate of drug-likeness (QED) is 0.790. The summed E-state index contributed by atoms with van der Waals surface area (Å²) in [5.74, 6) is -1.14. The van der Waals surface area contributed by atoms with Gasteiger partial charge in [-0.3, -0.25) is 0 Å². The lowest BCUT2D eigenvalue weighted by molar-refractivity contribution is 0.544. The first-order chi connectivity index (χ1) is 9.02. The first kappa shape index (κ1) is 14.9. The summed E-state index contributed by atoms with van der Waals surface area (Å²) in [6, 6.07) is 5.06. The molecule has 1 aromatic heterocycles. The van der Waals surface area contributed by atoms with E-state index in [1.165, 1.54) is 23.5 Å². The smallest absolute Gasteiger partial charge is 0.131 e. The van der Waals surface area contributed by atoms with E-state index in [0.29, 0.717) is 17.1 Å². The van der Waals surface area contributed by atoms with E-state index in [1.807, 2.05) is 6.92 Å². The average molecular weight is 367 g/mol. The first-order valence-corrected chi connectivity index (χ1v) is 7.64. The van der Waals surface area contributed by atoms with Crippen LogP contribution in [0.4, 0.5) is 8.78 Å². The van der Waals surface area contributed by atoms with Gasteiger partial charge in [0.2, 0.25) is 0 Å². The van der Waals surface area contributed by atoms with Crippen molar-refractivity contribution in [2.24, 2.45) is 0 Å². The van der Waals surface area contributed by atoms with Gasteiger partial charge < -0.3 is 5.32 Å². The van der Waals surface area contributed by atoms with Crippen molar-refractivity contribution in [1.29, 1.82) is 0 Å². The molecule has 1 N–H and O–H groups in total. The molecule has 102 valence electrons. The van der Waals surface area contributed by atoms with Gasteiger partial charge in [0.15, 0.2) is 0 Å². The number of hydrogen-bond donors (Lipinski definition) is 1. The number of hydrogen-bond acceptors (Lipinski definition) is 2. The predicted octanol–water partition coefficient (Wildman–Crippen LogP) is 5.14. The van der Waals surface area contributed by atoms with Crippen molar-refractivity contribution in [2.75, 3.05) is 6.54 Å². The molecular weight excluding hydrogens is 356 g/mol. The number of thiophene rings is 1. The van der Waals surface area contributed by atoms with Crippen LogP contribution in [0.5, 0.6) is 0 Å². The molecule has 0 aliphatic heterocycles. The molecule has 0 bridgehead atoms. The molecule has 0 saturated carbocycles. The molecule has 0 aliphatic rings. The minimum absolute atomic E-state index is 0.334. The van der Waals surface area contributed by atoms with Crippen molar-refractivity contribution in [1.82, 2.24) is 5.32 Å². The molecule has 19 heavy (non-hydrogen) atoms. The Hall–Kier alpha value is -0.490. The highest BCUT2D eigenvalue weighted by Gasteiger charge is 2.20. The lowest BCUT2D eigenvalue weighted by Gasteiger charge is -2.17. The second-order valence-electron chi connectivity index (χ2n) is 3.93. The van der Waals surface area contributed by atoms with E-state index in [0.717, 1.165) is 14.7 Å². The minimum atomic E-state index is -0.582. The van der Waals surface area contributed by atoms with Gasteiger partial charge in [0, 0.05) is 16.5 Å². The zero-order chi connectivity index (χ0) is 14.0. The predicted molar refractivity (Wildman–Crippen MR) is 78.9 cm³/mol. The van der Waals surface area contributed by atoms with Gasteiger partial charge in [-0.1, -0.05) is 24.6 Å². The molecule has 1 nitrogen and oxygen atoms in total. The Kier molecular flexibility index (Phi) is 4.95. The molecule has 0 fully saturated rings. The summed E-state index contributed by atoms with van der Waals surface area (Å²) >= 11 is 10.8. The molecule has 0 aliphatic carbocycles. The Bertz CT molecular complexity index is 569. The third-order valence-corrected chi connectivity index (χ3v) is 5.17. The maximum atomic E-state index is 13.9. The molecule has 1 aromatic carbocycles. The van der Waals surface area contributed by atoms with Gasteiger partial charge in [0.05, 0.1) is 14.9 Å². The van der Waals surface area contributed by atoms with Crippen molar-refractivity contribution < 1.29 is 8.78 Å². The van der Waals surface area contributed by atoms with Crippen LogP contribution in [0.1, 0.15) is 23.4 Å². The zero-order valence-electron chi connectivity index (χ0n) is 10.0. The molecule has 2 rings (SSSR count). The fourth-order valence-electron chi connectivity index (χ4n) is 1.81. The zero-order valence-corrected chi connectivity index (χ0v) is 13.2. The Balaban J connectivity index is 2.44. The number of halogens is 4. The van der Waals surface area contributed by atoms with Gasteiger partial charge in [-0.25, -0.2) is 8.78 Å². The second kappa shape index (κ2) is 6.31. The van der Waals surface area contributed by atoms with Crippen molar-refractivity contribution in [3.8, 4) is 0 Å². The topological polar surface area (TPSA) is 12.0 Å². The largest absolute Gasteiger partial charge is 0.306 e. The fraction of sp³-hybridized carbons (Fsp3) is 0.231. The number of rotatable bonds is 4. The fourth-order valence-corrected chi connectivity index (χ4v) is 3.65. The highest BCUT2D eigenvalue weighted by atomic mass is 79.9. The number of nitrogens with one attached hydrogen (secondary N) is 1. The summed E-state index contributed by atoms with van der Waals surface area (Å²) < 4.78 is 27.7. The molecule has 0 radical (unpaired) electrons. The highest BCUT2D eigenvalue weighted by molar-refractivity contribution is 9.11. The monoisotopic (exact) mass is 365 g/mol. The van der Waals surface area contributed by atoms with Gasteiger partial charge >= 0.3 is 0 Å². The summed E-state index contributed by atoms with van der Waals surface area (Å²) in [6.07, 6.45) is 0. The van der Waals surface area contributed by atoms with E-state index in [9.17, 15) is 8.78 Å². The van der Waals surface area contributed by atoms with Crippen LogP contribution in [-0.4, -0.2) is 6.54 Å². The number of benzene rings is 1. The third-order valence-electron chi connectivity index (χ3n) is 2.63. The van der Waals surface area contributed by atoms with Crippen molar-refractivity contribution in [3.05, 3.63) is 55.1 Å². The molecule has 0 saturated heterocycles. The van der Waals surface area contributed by atoms with Crippen LogP contribution in [0.2, 0.25) is 5.02 Å². The molecule has 6 heteroatoms. The Morgan fingerprint density at radius 2 is 2.11 bits per heavy atom. The summed E-state index contributed by atoms with van der Waals surface area (Å²) in [7, 11) is 0. The summed E-state index contributed by atoms with van der Waals surface area (Å²) in [5.41, 5.74) is 0.411. The van der Waals surface area contributed by atoms with Gasteiger partial charge in [-0.2, -0.15) is 0 Å². The standard InChI is InChI=1S/C13H11BrClF2NS/c1-2-18-12(11-6-9(15)13(14)19-11)8-4-3-7(16)5-10(8)17/h3-6,12,18H,2H2,1H3. The lowest BCUT2D eigenvalue weighted by atomic mass is 10.0. The van der Waals surface area contributed by atoms with E-state index in [2.05, 4.69) is 21.2 Å².